The molecule has 0 bridgehead atoms. The summed E-state index contributed by atoms with van der Waals surface area (Å²) in [6.45, 7) is 0. The van der Waals surface area contributed by atoms with Crippen LogP contribution >= 0.6 is 27.5 Å². The van der Waals surface area contributed by atoms with E-state index in [-0.39, 0.29) is 5.82 Å². The van der Waals surface area contributed by atoms with Crippen LogP contribution in [0.15, 0.2) is 46.9 Å². The Balaban J connectivity index is 2.18. The van der Waals surface area contributed by atoms with Gasteiger partial charge in [-0.3, -0.25) is 4.79 Å². The topological polar surface area (TPSA) is 37.3 Å². The Kier molecular flexibility index (Phi) is 5.37. The minimum Gasteiger partial charge on any atom is -0.481 e. The highest BCUT2D eigenvalue weighted by molar-refractivity contribution is 9.10. The maximum absolute atomic E-state index is 13.1. The summed E-state index contributed by atoms with van der Waals surface area (Å²) in [6, 6.07) is 11.4. The molecule has 0 saturated heterocycles. The van der Waals surface area contributed by atoms with E-state index in [4.69, 9.17) is 11.6 Å². The van der Waals surface area contributed by atoms with Gasteiger partial charge in [0.1, 0.15) is 5.82 Å². The fourth-order valence-corrected chi connectivity index (χ4v) is 2.87. The van der Waals surface area contributed by atoms with Crippen molar-refractivity contribution >= 4 is 33.5 Å². The van der Waals surface area contributed by atoms with Gasteiger partial charge in [-0.2, -0.15) is 0 Å². The van der Waals surface area contributed by atoms with Crippen molar-refractivity contribution in [2.45, 2.75) is 12.8 Å². The van der Waals surface area contributed by atoms with Gasteiger partial charge in [0.25, 0.3) is 0 Å². The number of carboxylic acid groups (broad SMARTS) is 1. The highest BCUT2D eigenvalue weighted by Gasteiger charge is 2.20. The Morgan fingerprint density at radius 1 is 1.24 bits per heavy atom. The Hall–Kier alpha value is -1.39. The second-order valence-electron chi connectivity index (χ2n) is 4.81. The molecular weight excluding hydrogens is 359 g/mol. The first-order valence-electron chi connectivity index (χ1n) is 6.37. The fraction of sp³-hybridized carbons (Fsp3) is 0.188. The van der Waals surface area contributed by atoms with E-state index in [2.05, 4.69) is 15.9 Å². The third kappa shape index (κ3) is 4.55. The number of carboxylic acids is 1. The highest BCUT2D eigenvalue weighted by atomic mass is 79.9. The molecule has 5 heteroatoms. The van der Waals surface area contributed by atoms with Crippen LogP contribution in [0.4, 0.5) is 4.39 Å². The van der Waals surface area contributed by atoms with E-state index in [1.165, 1.54) is 12.1 Å². The molecule has 0 heterocycles. The van der Waals surface area contributed by atoms with Crippen molar-refractivity contribution in [3.8, 4) is 0 Å². The van der Waals surface area contributed by atoms with Gasteiger partial charge in [0.15, 0.2) is 0 Å². The number of aliphatic carboxylic acids is 1. The first-order valence-corrected chi connectivity index (χ1v) is 7.54. The van der Waals surface area contributed by atoms with Gasteiger partial charge in [-0.05, 0) is 48.2 Å². The van der Waals surface area contributed by atoms with E-state index in [0.29, 0.717) is 22.3 Å². The minimum atomic E-state index is -0.883. The van der Waals surface area contributed by atoms with Gasteiger partial charge in [-0.15, -0.1) is 0 Å². The van der Waals surface area contributed by atoms with Gasteiger partial charge in [0.2, 0.25) is 0 Å². The zero-order valence-corrected chi connectivity index (χ0v) is 13.4. The lowest BCUT2D eigenvalue weighted by Gasteiger charge is -2.14. The van der Waals surface area contributed by atoms with Crippen LogP contribution in [0.1, 0.15) is 11.1 Å². The summed E-state index contributed by atoms with van der Waals surface area (Å²) in [5.41, 5.74) is 1.64. The van der Waals surface area contributed by atoms with E-state index >= 15 is 0 Å². The van der Waals surface area contributed by atoms with E-state index < -0.39 is 11.9 Å². The standard InChI is InChI=1S/C16H13BrClFO2/c17-15-9-14(19)5-4-11(15)8-12(16(20)21)6-10-2-1-3-13(18)7-10/h1-5,7,9,12H,6,8H2,(H,20,21). The molecule has 1 unspecified atom stereocenters. The molecule has 0 aliphatic carbocycles. The van der Waals surface area contributed by atoms with Crippen molar-refractivity contribution in [2.24, 2.45) is 5.92 Å². The molecule has 0 saturated carbocycles. The van der Waals surface area contributed by atoms with Crippen LogP contribution in [-0.4, -0.2) is 11.1 Å². The lowest BCUT2D eigenvalue weighted by atomic mass is 9.92. The number of hydrogen-bond donors (Lipinski definition) is 1. The van der Waals surface area contributed by atoms with Crippen LogP contribution < -0.4 is 0 Å². The van der Waals surface area contributed by atoms with E-state index in [9.17, 15) is 14.3 Å². The van der Waals surface area contributed by atoms with Crippen molar-refractivity contribution < 1.29 is 14.3 Å². The maximum atomic E-state index is 13.1. The van der Waals surface area contributed by atoms with Crippen LogP contribution in [0, 0.1) is 11.7 Å². The third-order valence-corrected chi connectivity index (χ3v) is 4.18. The summed E-state index contributed by atoms with van der Waals surface area (Å²) in [5, 5.41) is 9.97. The van der Waals surface area contributed by atoms with Crippen molar-refractivity contribution in [2.75, 3.05) is 0 Å². The Bertz CT molecular complexity index is 660. The van der Waals surface area contributed by atoms with E-state index in [1.54, 1.807) is 24.3 Å². The minimum absolute atomic E-state index is 0.322. The van der Waals surface area contributed by atoms with E-state index in [1.807, 2.05) is 6.07 Å². The van der Waals surface area contributed by atoms with Crippen molar-refractivity contribution in [1.82, 2.24) is 0 Å². The van der Waals surface area contributed by atoms with Crippen molar-refractivity contribution in [1.29, 1.82) is 0 Å². The average molecular weight is 372 g/mol. The molecule has 0 aliphatic rings. The SMILES string of the molecule is O=C(O)C(Cc1cccc(Cl)c1)Cc1ccc(F)cc1Br. The molecule has 2 nitrogen and oxygen atoms in total. The quantitative estimate of drug-likeness (QED) is 0.825. The molecule has 0 aromatic heterocycles. The molecule has 2 aromatic rings. The first kappa shape index (κ1) is 16.0. The molecule has 0 radical (unpaired) electrons. The second-order valence-corrected chi connectivity index (χ2v) is 6.10. The number of hydrogen-bond acceptors (Lipinski definition) is 1. The van der Waals surface area contributed by atoms with Crippen molar-refractivity contribution in [3.05, 3.63) is 68.9 Å². The molecule has 21 heavy (non-hydrogen) atoms. The van der Waals surface area contributed by atoms with Crippen LogP contribution in [0.25, 0.3) is 0 Å². The summed E-state index contributed by atoms with van der Waals surface area (Å²) < 4.78 is 13.7. The summed E-state index contributed by atoms with van der Waals surface area (Å²) in [6.07, 6.45) is 0.697. The number of halogens is 3. The monoisotopic (exact) mass is 370 g/mol. The largest absolute Gasteiger partial charge is 0.481 e. The number of rotatable bonds is 5. The van der Waals surface area contributed by atoms with Gasteiger partial charge in [-0.25, -0.2) is 4.39 Å². The Labute approximate surface area is 135 Å². The Morgan fingerprint density at radius 3 is 2.62 bits per heavy atom. The van der Waals surface area contributed by atoms with Gasteiger partial charge >= 0.3 is 5.97 Å². The molecule has 1 N–H and O–H groups in total. The van der Waals surface area contributed by atoms with Gasteiger partial charge in [0.05, 0.1) is 5.92 Å². The molecule has 0 amide bonds. The predicted octanol–water partition coefficient (Wildman–Crippen LogP) is 4.73. The molecular formula is C16H13BrClFO2. The van der Waals surface area contributed by atoms with E-state index in [0.717, 1.165) is 11.1 Å². The molecule has 0 fully saturated rings. The normalized spacial score (nSPS) is 12.1. The second kappa shape index (κ2) is 7.05. The summed E-state index contributed by atoms with van der Waals surface area (Å²) in [4.78, 5) is 11.4. The van der Waals surface area contributed by atoms with Crippen LogP contribution in [0.2, 0.25) is 5.02 Å². The number of carbonyl (C=O) groups is 1. The Morgan fingerprint density at radius 2 is 2.00 bits per heavy atom. The summed E-state index contributed by atoms with van der Waals surface area (Å²) in [5.74, 6) is -1.83. The maximum Gasteiger partial charge on any atom is 0.307 e. The molecule has 2 aromatic carbocycles. The molecule has 1 atom stereocenters. The van der Waals surface area contributed by atoms with Crippen LogP contribution in [0.3, 0.4) is 0 Å². The highest BCUT2D eigenvalue weighted by Crippen LogP contribution is 2.24. The summed E-state index contributed by atoms with van der Waals surface area (Å²) in [7, 11) is 0. The first-order chi connectivity index (χ1) is 9.95. The smallest absolute Gasteiger partial charge is 0.307 e. The van der Waals surface area contributed by atoms with Crippen molar-refractivity contribution in [3.63, 3.8) is 0 Å². The number of benzene rings is 2. The third-order valence-electron chi connectivity index (χ3n) is 3.20. The zero-order valence-electron chi connectivity index (χ0n) is 11.0. The van der Waals surface area contributed by atoms with Gasteiger partial charge < -0.3 is 5.11 Å². The molecule has 0 aliphatic heterocycles. The molecule has 110 valence electrons. The lowest BCUT2D eigenvalue weighted by molar-refractivity contribution is -0.141. The zero-order chi connectivity index (χ0) is 15.4. The van der Waals surface area contributed by atoms with Crippen LogP contribution in [0.5, 0.6) is 0 Å². The van der Waals surface area contributed by atoms with Gasteiger partial charge in [0, 0.05) is 9.50 Å². The van der Waals surface area contributed by atoms with Gasteiger partial charge in [-0.1, -0.05) is 45.7 Å². The predicted molar refractivity (Wildman–Crippen MR) is 84.1 cm³/mol. The fourth-order valence-electron chi connectivity index (χ4n) is 2.15. The molecule has 2 rings (SSSR count). The lowest BCUT2D eigenvalue weighted by Crippen LogP contribution is -2.19. The summed E-state index contributed by atoms with van der Waals surface area (Å²) >= 11 is 9.18. The average Bonchev–Trinajstić information content (AvgIpc) is 2.40. The van der Waals surface area contributed by atoms with Crippen LogP contribution in [-0.2, 0) is 17.6 Å². The molecule has 0 spiro atoms.